The third-order valence-corrected chi connectivity index (χ3v) is 5.46. The smallest absolute Gasteiger partial charge is 0.251 e. The summed E-state index contributed by atoms with van der Waals surface area (Å²) in [7, 11) is 0. The Balaban J connectivity index is 1.67. The van der Waals surface area contributed by atoms with Crippen molar-refractivity contribution in [1.82, 2.24) is 15.3 Å². The molecule has 6 nitrogen and oxygen atoms in total. The van der Waals surface area contributed by atoms with Crippen LogP contribution in [0.15, 0.2) is 42.5 Å². The summed E-state index contributed by atoms with van der Waals surface area (Å²) in [4.78, 5) is 31.7. The summed E-state index contributed by atoms with van der Waals surface area (Å²) in [5.74, 6) is 0.607. The number of ketones is 1. The van der Waals surface area contributed by atoms with Crippen molar-refractivity contribution in [3.8, 4) is 17.0 Å². The summed E-state index contributed by atoms with van der Waals surface area (Å²) in [6.07, 6.45) is 1.17. The third-order valence-electron chi connectivity index (χ3n) is 5.17. The maximum absolute atomic E-state index is 12.7. The van der Waals surface area contributed by atoms with Gasteiger partial charge in [-0.1, -0.05) is 42.8 Å². The van der Waals surface area contributed by atoms with E-state index in [2.05, 4.69) is 22.2 Å². The molecule has 1 radical (unpaired) electrons. The lowest BCUT2D eigenvalue weighted by Crippen LogP contribution is -2.36. The van der Waals surface area contributed by atoms with Crippen LogP contribution in [0.5, 0.6) is 5.75 Å². The first-order chi connectivity index (χ1) is 15.7. The number of nitrogens with zero attached hydrogens (tertiary/aromatic N) is 1. The fourth-order valence-electron chi connectivity index (χ4n) is 3.48. The molecular weight excluding hydrogens is 438 g/mol. The molecule has 0 fully saturated rings. The predicted molar refractivity (Wildman–Crippen MR) is 131 cm³/mol. The number of ether oxygens (including phenoxy) is 1. The molecule has 0 unspecified atom stereocenters. The molecule has 173 valence electrons. The van der Waals surface area contributed by atoms with E-state index < -0.39 is 0 Å². The number of halogens is 1. The number of aryl methyl sites for hydroxylation is 1. The third kappa shape index (κ3) is 6.23. The summed E-state index contributed by atoms with van der Waals surface area (Å²) >= 11 is 6.27. The minimum atomic E-state index is -0.206. The lowest BCUT2D eigenvalue weighted by molar-refractivity contribution is 0.0936. The molecule has 0 saturated heterocycles. The molecule has 2 aromatic carbocycles. The Morgan fingerprint density at radius 1 is 1.18 bits per heavy atom. The molecule has 1 heterocycles. The molecule has 3 rings (SSSR count). The van der Waals surface area contributed by atoms with Crippen LogP contribution in [0.25, 0.3) is 11.3 Å². The van der Waals surface area contributed by atoms with Gasteiger partial charge in [0.05, 0.1) is 16.8 Å². The van der Waals surface area contributed by atoms with Crippen LogP contribution < -0.4 is 10.1 Å². The quantitative estimate of drug-likeness (QED) is 0.402. The van der Waals surface area contributed by atoms with Gasteiger partial charge in [-0.2, -0.15) is 0 Å². The van der Waals surface area contributed by atoms with Crippen LogP contribution in [0.1, 0.15) is 59.4 Å². The lowest BCUT2D eigenvalue weighted by Gasteiger charge is -2.18. The van der Waals surface area contributed by atoms with Crippen LogP contribution in [0.4, 0.5) is 0 Å². The molecule has 0 aliphatic carbocycles. The van der Waals surface area contributed by atoms with E-state index in [0.29, 0.717) is 35.0 Å². The highest BCUT2D eigenvalue weighted by molar-refractivity contribution is 6.32. The van der Waals surface area contributed by atoms with Gasteiger partial charge in [0.1, 0.15) is 5.75 Å². The Kier molecular flexibility index (Phi) is 7.92. The van der Waals surface area contributed by atoms with Crippen molar-refractivity contribution in [1.29, 1.82) is 0 Å². The van der Waals surface area contributed by atoms with Gasteiger partial charge in [0, 0.05) is 29.8 Å². The van der Waals surface area contributed by atoms with Crippen molar-refractivity contribution < 1.29 is 14.3 Å². The summed E-state index contributed by atoms with van der Waals surface area (Å²) in [6.45, 7) is 11.2. The topological polar surface area (TPSA) is 84.1 Å². The maximum Gasteiger partial charge on any atom is 0.251 e. The summed E-state index contributed by atoms with van der Waals surface area (Å²) in [5.41, 5.74) is 4.06. The number of carbonyl (C=O) groups is 2. The molecule has 2 N–H and O–H groups in total. The number of hydrogen-bond donors (Lipinski definition) is 2. The van der Waals surface area contributed by atoms with Crippen molar-refractivity contribution in [2.45, 2.75) is 52.7 Å². The molecule has 1 amide bonds. The summed E-state index contributed by atoms with van der Waals surface area (Å²) in [6, 6.07) is 12.8. The number of Topliss-reactive ketones (excluding diaryl/α,β-unsaturated/α-hetero) is 1. The van der Waals surface area contributed by atoms with Crippen molar-refractivity contribution in [2.24, 2.45) is 0 Å². The fraction of sp³-hybridized carbons (Fsp3) is 0.308. The van der Waals surface area contributed by atoms with Crippen LogP contribution in [0, 0.1) is 13.8 Å². The molecule has 33 heavy (non-hydrogen) atoms. The average molecular weight is 467 g/mol. The van der Waals surface area contributed by atoms with E-state index in [0.717, 1.165) is 22.5 Å². The molecule has 0 saturated carbocycles. The highest BCUT2D eigenvalue weighted by atomic mass is 35.5. The van der Waals surface area contributed by atoms with Gasteiger partial charge in [0.15, 0.2) is 11.6 Å². The SMILES string of the molecule is [CH2]C[C@@H](Cc1ccc(-c2nc(C(C)=O)[nH]c2C)cc1)NC(=O)c1ccc(OC(C)C)c(Cl)c1. The van der Waals surface area contributed by atoms with Gasteiger partial charge >= 0.3 is 0 Å². The highest BCUT2D eigenvalue weighted by Crippen LogP contribution is 2.27. The molecule has 0 spiro atoms. The number of carbonyl (C=O) groups excluding carboxylic acids is 2. The molecule has 0 aliphatic rings. The maximum atomic E-state index is 12.7. The van der Waals surface area contributed by atoms with Gasteiger partial charge in [-0.15, -0.1) is 0 Å². The first kappa shape index (κ1) is 24.5. The van der Waals surface area contributed by atoms with Gasteiger partial charge in [-0.25, -0.2) is 4.98 Å². The summed E-state index contributed by atoms with van der Waals surface area (Å²) in [5, 5.41) is 3.44. The molecule has 0 aliphatic heterocycles. The molecular formula is C26H29ClN3O3. The van der Waals surface area contributed by atoms with Crippen molar-refractivity contribution >= 4 is 23.3 Å². The number of aromatic nitrogens is 2. The lowest BCUT2D eigenvalue weighted by atomic mass is 10.0. The molecule has 3 aromatic rings. The number of amides is 1. The van der Waals surface area contributed by atoms with Crippen molar-refractivity contribution in [3.05, 3.63) is 77.1 Å². The van der Waals surface area contributed by atoms with E-state index >= 15 is 0 Å². The summed E-state index contributed by atoms with van der Waals surface area (Å²) < 4.78 is 5.63. The molecule has 1 atom stereocenters. The Morgan fingerprint density at radius 2 is 1.88 bits per heavy atom. The standard InChI is InChI=1S/C26H29ClN3O3/c1-6-21(29-26(32)20-11-12-23(22(27)14-20)33-15(2)3)13-18-7-9-19(10-8-18)24-16(4)28-25(30-24)17(5)31/h7-12,14-15,21H,1,6,13H2,2-5H3,(H,28,30)(H,29,32)/t21-/m0/s1. The van der Waals surface area contributed by atoms with E-state index in [-0.39, 0.29) is 23.8 Å². The van der Waals surface area contributed by atoms with E-state index in [1.165, 1.54) is 6.92 Å². The molecule has 0 bridgehead atoms. The number of benzene rings is 2. The first-order valence-corrected chi connectivity index (χ1v) is 11.3. The van der Waals surface area contributed by atoms with Crippen molar-refractivity contribution in [3.63, 3.8) is 0 Å². The zero-order chi connectivity index (χ0) is 24.1. The van der Waals surface area contributed by atoms with Crippen LogP contribution in [-0.2, 0) is 6.42 Å². The van der Waals surface area contributed by atoms with Gasteiger partial charge in [-0.3, -0.25) is 9.59 Å². The van der Waals surface area contributed by atoms with E-state index in [4.69, 9.17) is 16.3 Å². The minimum absolute atomic E-state index is 0.00256. The Labute approximate surface area is 199 Å². The van der Waals surface area contributed by atoms with Crippen LogP contribution in [0.3, 0.4) is 0 Å². The Bertz CT molecular complexity index is 1140. The van der Waals surface area contributed by atoms with Crippen molar-refractivity contribution in [2.75, 3.05) is 0 Å². The average Bonchev–Trinajstić information content (AvgIpc) is 3.16. The second kappa shape index (κ2) is 10.7. The first-order valence-electron chi connectivity index (χ1n) is 10.9. The normalized spacial score (nSPS) is 12.0. The van der Waals surface area contributed by atoms with E-state index in [1.807, 2.05) is 45.0 Å². The molecule has 1 aromatic heterocycles. The zero-order valence-electron chi connectivity index (χ0n) is 19.4. The minimum Gasteiger partial charge on any atom is -0.489 e. The van der Waals surface area contributed by atoms with Crippen LogP contribution in [-0.4, -0.2) is 33.8 Å². The van der Waals surface area contributed by atoms with Crippen LogP contribution in [0.2, 0.25) is 5.02 Å². The van der Waals surface area contributed by atoms with Crippen LogP contribution >= 0.6 is 11.6 Å². The number of aromatic amines is 1. The van der Waals surface area contributed by atoms with Gasteiger partial charge in [0.25, 0.3) is 5.91 Å². The highest BCUT2D eigenvalue weighted by Gasteiger charge is 2.16. The number of hydrogen-bond acceptors (Lipinski definition) is 4. The second-order valence-corrected chi connectivity index (χ2v) is 8.69. The van der Waals surface area contributed by atoms with Gasteiger partial charge in [0.2, 0.25) is 0 Å². The monoisotopic (exact) mass is 466 g/mol. The number of nitrogens with one attached hydrogen (secondary N) is 2. The number of H-pyrrole nitrogens is 1. The Hall–Kier alpha value is -3.12. The van der Waals surface area contributed by atoms with E-state index in [9.17, 15) is 9.59 Å². The number of rotatable bonds is 9. The zero-order valence-corrected chi connectivity index (χ0v) is 20.1. The largest absolute Gasteiger partial charge is 0.489 e. The predicted octanol–water partition coefficient (Wildman–Crippen LogP) is 5.59. The second-order valence-electron chi connectivity index (χ2n) is 8.29. The molecule has 7 heteroatoms. The fourth-order valence-corrected chi connectivity index (χ4v) is 3.70. The van der Waals surface area contributed by atoms with E-state index in [1.54, 1.807) is 18.2 Å². The Morgan fingerprint density at radius 3 is 2.42 bits per heavy atom. The number of imidazole rings is 1. The van der Waals surface area contributed by atoms with Gasteiger partial charge < -0.3 is 15.0 Å². The van der Waals surface area contributed by atoms with Gasteiger partial charge in [-0.05, 0) is 57.4 Å².